The first kappa shape index (κ1) is 18.1. The molecule has 136 valence electrons. The maximum absolute atomic E-state index is 12.7. The summed E-state index contributed by atoms with van der Waals surface area (Å²) in [4.78, 5) is 17.8. The summed E-state index contributed by atoms with van der Waals surface area (Å²) in [5, 5.41) is 2.34. The molecule has 0 aliphatic heterocycles. The fourth-order valence-electron chi connectivity index (χ4n) is 3.06. The number of hydrogen-bond donors (Lipinski definition) is 0. The van der Waals surface area contributed by atoms with Gasteiger partial charge >= 0.3 is 0 Å². The van der Waals surface area contributed by atoms with Crippen LogP contribution in [0.25, 0.3) is 21.0 Å². The summed E-state index contributed by atoms with van der Waals surface area (Å²) in [7, 11) is 1.67. The number of methoxy groups -OCH3 is 1. The first-order valence-electron chi connectivity index (χ1n) is 8.52. The molecule has 0 fully saturated rings. The summed E-state index contributed by atoms with van der Waals surface area (Å²) < 4.78 is 9.31. The average molecular weight is 441 g/mol. The van der Waals surface area contributed by atoms with Gasteiger partial charge in [-0.15, -0.1) is 0 Å². The highest BCUT2D eigenvalue weighted by Crippen LogP contribution is 2.27. The van der Waals surface area contributed by atoms with Crippen LogP contribution in [0.3, 0.4) is 0 Å². The largest absolute Gasteiger partial charge is 0.383 e. The van der Waals surface area contributed by atoms with E-state index < -0.39 is 0 Å². The Balaban J connectivity index is 1.92. The average Bonchev–Trinajstić information content (AvgIpc) is 3.03. The van der Waals surface area contributed by atoms with Crippen molar-refractivity contribution >= 4 is 54.2 Å². The summed E-state index contributed by atoms with van der Waals surface area (Å²) in [5.74, 6) is -0.252. The van der Waals surface area contributed by atoms with Crippen LogP contribution in [0.1, 0.15) is 10.4 Å². The molecule has 0 saturated carbocycles. The van der Waals surface area contributed by atoms with Gasteiger partial charge in [0.15, 0.2) is 4.80 Å². The van der Waals surface area contributed by atoms with Crippen LogP contribution in [-0.2, 0) is 11.3 Å². The molecule has 6 heteroatoms. The van der Waals surface area contributed by atoms with E-state index in [9.17, 15) is 4.79 Å². The lowest BCUT2D eigenvalue weighted by molar-refractivity contribution is 0.0997. The van der Waals surface area contributed by atoms with E-state index in [4.69, 9.17) is 4.74 Å². The van der Waals surface area contributed by atoms with Crippen LogP contribution < -0.4 is 4.80 Å². The predicted molar refractivity (Wildman–Crippen MR) is 113 cm³/mol. The fraction of sp³-hybridized carbons (Fsp3) is 0.143. The Kier molecular flexibility index (Phi) is 5.20. The van der Waals surface area contributed by atoms with Gasteiger partial charge in [0.1, 0.15) is 0 Å². The third-order valence-corrected chi connectivity index (χ3v) is 5.98. The number of thiazole rings is 1. The summed E-state index contributed by atoms with van der Waals surface area (Å²) in [6, 6.07) is 19.7. The highest BCUT2D eigenvalue weighted by Gasteiger charge is 2.11. The molecule has 0 aliphatic carbocycles. The third kappa shape index (κ3) is 3.60. The molecular formula is C21H17BrN2O2S. The van der Waals surface area contributed by atoms with Gasteiger partial charge in [-0.05, 0) is 29.7 Å². The number of carbonyl (C=O) groups is 1. The molecule has 0 unspecified atom stereocenters. The molecule has 0 radical (unpaired) electrons. The van der Waals surface area contributed by atoms with Crippen molar-refractivity contribution in [1.82, 2.24) is 4.57 Å². The van der Waals surface area contributed by atoms with Crippen molar-refractivity contribution in [2.75, 3.05) is 13.7 Å². The Morgan fingerprint density at radius 3 is 2.81 bits per heavy atom. The molecule has 27 heavy (non-hydrogen) atoms. The molecule has 0 spiro atoms. The van der Waals surface area contributed by atoms with E-state index in [0.717, 1.165) is 14.7 Å². The van der Waals surface area contributed by atoms with Crippen LogP contribution in [0.15, 0.2) is 70.1 Å². The topological polar surface area (TPSA) is 43.6 Å². The molecule has 0 aliphatic rings. The van der Waals surface area contributed by atoms with Gasteiger partial charge in [0, 0.05) is 29.1 Å². The van der Waals surface area contributed by atoms with Crippen LogP contribution >= 0.6 is 27.3 Å². The van der Waals surface area contributed by atoms with Crippen LogP contribution in [0.4, 0.5) is 0 Å². The second-order valence-electron chi connectivity index (χ2n) is 6.09. The summed E-state index contributed by atoms with van der Waals surface area (Å²) in [5.41, 5.74) is 1.63. The number of rotatable bonds is 4. The van der Waals surface area contributed by atoms with Crippen LogP contribution in [0.2, 0.25) is 0 Å². The van der Waals surface area contributed by atoms with Crippen LogP contribution in [-0.4, -0.2) is 24.2 Å². The maximum Gasteiger partial charge on any atom is 0.279 e. The standard InChI is InChI=1S/C21H17BrN2O2S/c1-26-12-11-24-18-10-9-14-5-2-3-8-17(14)19(18)27-21(24)23-20(25)15-6-4-7-16(22)13-15/h2-10,13H,11-12H2,1H3. The zero-order valence-electron chi connectivity index (χ0n) is 14.7. The number of nitrogens with zero attached hydrogens (tertiary/aromatic N) is 2. The van der Waals surface area contributed by atoms with Gasteiger partial charge in [-0.2, -0.15) is 4.99 Å². The van der Waals surface area contributed by atoms with Gasteiger partial charge in [0.25, 0.3) is 5.91 Å². The molecule has 3 aromatic carbocycles. The second kappa shape index (κ2) is 7.76. The van der Waals surface area contributed by atoms with Gasteiger partial charge in [-0.1, -0.05) is 63.7 Å². The number of halogens is 1. The van der Waals surface area contributed by atoms with E-state index in [-0.39, 0.29) is 5.91 Å². The van der Waals surface area contributed by atoms with E-state index >= 15 is 0 Å². The van der Waals surface area contributed by atoms with Gasteiger partial charge in [-0.3, -0.25) is 4.79 Å². The zero-order valence-corrected chi connectivity index (χ0v) is 17.1. The van der Waals surface area contributed by atoms with Crippen molar-refractivity contribution in [3.05, 3.63) is 75.5 Å². The van der Waals surface area contributed by atoms with E-state index in [1.165, 1.54) is 22.1 Å². The van der Waals surface area contributed by atoms with E-state index in [2.05, 4.69) is 49.8 Å². The lowest BCUT2D eigenvalue weighted by atomic mass is 10.1. The molecule has 0 bridgehead atoms. The Bertz CT molecular complexity index is 1210. The Morgan fingerprint density at radius 1 is 1.15 bits per heavy atom. The van der Waals surface area contributed by atoms with Crippen molar-refractivity contribution in [2.45, 2.75) is 6.54 Å². The first-order valence-corrected chi connectivity index (χ1v) is 10.1. The number of amides is 1. The lowest BCUT2D eigenvalue weighted by Gasteiger charge is -2.05. The molecule has 0 atom stereocenters. The number of fused-ring (bicyclic) bond motifs is 3. The quantitative estimate of drug-likeness (QED) is 0.447. The number of aromatic nitrogens is 1. The third-order valence-electron chi connectivity index (χ3n) is 4.36. The Labute approximate surface area is 168 Å². The SMILES string of the molecule is COCCn1c(=NC(=O)c2cccc(Br)c2)sc2c3ccccc3ccc21. The Morgan fingerprint density at radius 2 is 2.00 bits per heavy atom. The molecule has 4 nitrogen and oxygen atoms in total. The second-order valence-corrected chi connectivity index (χ2v) is 7.98. The fourth-order valence-corrected chi connectivity index (χ4v) is 4.64. The minimum absolute atomic E-state index is 0.252. The van der Waals surface area contributed by atoms with Crippen molar-refractivity contribution in [1.29, 1.82) is 0 Å². The van der Waals surface area contributed by atoms with Gasteiger partial charge in [0.2, 0.25) is 0 Å². The summed E-state index contributed by atoms with van der Waals surface area (Å²) in [6.45, 7) is 1.19. The first-order chi connectivity index (χ1) is 13.2. The molecule has 1 aromatic heterocycles. The van der Waals surface area contributed by atoms with E-state index in [1.54, 1.807) is 19.2 Å². The molecule has 1 heterocycles. The monoisotopic (exact) mass is 440 g/mol. The van der Waals surface area contributed by atoms with Gasteiger partial charge < -0.3 is 9.30 Å². The Hall–Kier alpha value is -2.28. The highest BCUT2D eigenvalue weighted by molar-refractivity contribution is 9.10. The van der Waals surface area contributed by atoms with Crippen molar-refractivity contribution in [3.63, 3.8) is 0 Å². The predicted octanol–water partition coefficient (Wildman–Crippen LogP) is 5.01. The minimum Gasteiger partial charge on any atom is -0.383 e. The van der Waals surface area contributed by atoms with Gasteiger partial charge in [-0.25, -0.2) is 0 Å². The maximum atomic E-state index is 12.7. The van der Waals surface area contributed by atoms with E-state index in [0.29, 0.717) is 23.5 Å². The smallest absolute Gasteiger partial charge is 0.279 e. The number of carbonyl (C=O) groups excluding carboxylic acids is 1. The lowest BCUT2D eigenvalue weighted by Crippen LogP contribution is -2.19. The summed E-state index contributed by atoms with van der Waals surface area (Å²) in [6.07, 6.45) is 0. The van der Waals surface area contributed by atoms with Crippen molar-refractivity contribution in [2.24, 2.45) is 4.99 Å². The highest BCUT2D eigenvalue weighted by atomic mass is 79.9. The molecule has 1 amide bonds. The number of hydrogen-bond acceptors (Lipinski definition) is 3. The zero-order chi connectivity index (χ0) is 18.8. The summed E-state index contributed by atoms with van der Waals surface area (Å²) >= 11 is 4.95. The van der Waals surface area contributed by atoms with Crippen molar-refractivity contribution in [3.8, 4) is 0 Å². The van der Waals surface area contributed by atoms with Crippen LogP contribution in [0.5, 0.6) is 0 Å². The number of ether oxygens (including phenoxy) is 1. The van der Waals surface area contributed by atoms with Gasteiger partial charge in [0.05, 0.1) is 16.8 Å². The normalized spacial score (nSPS) is 12.1. The number of benzene rings is 3. The molecule has 0 saturated heterocycles. The molecular weight excluding hydrogens is 424 g/mol. The molecule has 0 N–H and O–H groups in total. The van der Waals surface area contributed by atoms with Crippen molar-refractivity contribution < 1.29 is 9.53 Å². The molecule has 4 aromatic rings. The van der Waals surface area contributed by atoms with Crippen LogP contribution in [0, 0.1) is 0 Å². The molecule has 4 rings (SSSR count). The van der Waals surface area contributed by atoms with E-state index in [1.807, 2.05) is 24.3 Å². The minimum atomic E-state index is -0.252.